The number of hydrogen-bond acceptors (Lipinski definition) is 3. The van der Waals surface area contributed by atoms with Crippen LogP contribution in [0.4, 0.5) is 0 Å². The molecule has 2 heterocycles. The van der Waals surface area contributed by atoms with Gasteiger partial charge in [0.2, 0.25) is 5.91 Å². The number of carbonyl (C=O) groups excluding carboxylic acids is 1. The van der Waals surface area contributed by atoms with Crippen LogP contribution in [0.25, 0.3) is 6.08 Å². The van der Waals surface area contributed by atoms with Crippen LogP contribution in [0, 0.1) is 0 Å². The summed E-state index contributed by atoms with van der Waals surface area (Å²) < 4.78 is 1.74. The first-order valence-corrected chi connectivity index (χ1v) is 5.93. The Bertz CT molecular complexity index is 408. The molecule has 1 amide bonds. The zero-order chi connectivity index (χ0) is 12.1. The fraction of sp³-hybridized carbons (Fsp3) is 0.500. The standard InChI is InChI=1S/C12H18N4O.ClH/c1-15-11(5-7-14-15)3-4-12(17)16-9-2-6-13-8-10-16;/h3-5,7,13H,2,6,8-10H2,1H3;1H. The number of nitrogens with one attached hydrogen (secondary N) is 1. The lowest BCUT2D eigenvalue weighted by atomic mass is 10.3. The summed E-state index contributed by atoms with van der Waals surface area (Å²) in [5.74, 6) is 0.0786. The lowest BCUT2D eigenvalue weighted by Gasteiger charge is -2.17. The van der Waals surface area contributed by atoms with Crippen LogP contribution in [0.5, 0.6) is 0 Å². The van der Waals surface area contributed by atoms with E-state index in [1.165, 1.54) is 0 Å². The Kier molecular flexibility index (Phi) is 5.88. The van der Waals surface area contributed by atoms with E-state index < -0.39 is 0 Å². The summed E-state index contributed by atoms with van der Waals surface area (Å²) in [6, 6.07) is 1.88. The smallest absolute Gasteiger partial charge is 0.246 e. The van der Waals surface area contributed by atoms with Gasteiger partial charge in [-0.05, 0) is 25.1 Å². The molecule has 0 bridgehead atoms. The van der Waals surface area contributed by atoms with Gasteiger partial charge in [-0.15, -0.1) is 12.4 Å². The van der Waals surface area contributed by atoms with Crippen molar-refractivity contribution < 1.29 is 4.79 Å². The maximum absolute atomic E-state index is 11.9. The Labute approximate surface area is 113 Å². The SMILES string of the molecule is Cl.Cn1nccc1C=CC(=O)N1CCCNCC1. The molecule has 2 rings (SSSR count). The molecule has 1 saturated heterocycles. The summed E-state index contributed by atoms with van der Waals surface area (Å²) in [4.78, 5) is 13.8. The van der Waals surface area contributed by atoms with Crippen molar-refractivity contribution in [3.8, 4) is 0 Å². The van der Waals surface area contributed by atoms with E-state index in [1.54, 1.807) is 17.0 Å². The second-order valence-corrected chi connectivity index (χ2v) is 4.14. The van der Waals surface area contributed by atoms with Gasteiger partial charge in [-0.25, -0.2) is 0 Å². The molecule has 6 heteroatoms. The van der Waals surface area contributed by atoms with Gasteiger partial charge in [0.25, 0.3) is 0 Å². The predicted octanol–water partition coefficient (Wildman–Crippen LogP) is 0.677. The number of aryl methyl sites for hydroxylation is 1. The van der Waals surface area contributed by atoms with E-state index in [9.17, 15) is 4.79 Å². The number of amides is 1. The van der Waals surface area contributed by atoms with Gasteiger partial charge in [-0.1, -0.05) is 0 Å². The van der Waals surface area contributed by atoms with E-state index >= 15 is 0 Å². The second kappa shape index (κ2) is 7.18. The van der Waals surface area contributed by atoms with Gasteiger partial charge in [0.1, 0.15) is 0 Å². The Hall–Kier alpha value is -1.33. The largest absolute Gasteiger partial charge is 0.338 e. The van der Waals surface area contributed by atoms with Crippen molar-refractivity contribution in [2.24, 2.45) is 7.05 Å². The van der Waals surface area contributed by atoms with Gasteiger partial charge in [0.15, 0.2) is 0 Å². The number of nitrogens with zero attached hydrogens (tertiary/aromatic N) is 3. The van der Waals surface area contributed by atoms with Crippen molar-refractivity contribution in [1.29, 1.82) is 0 Å². The van der Waals surface area contributed by atoms with Gasteiger partial charge in [0, 0.05) is 39.0 Å². The summed E-state index contributed by atoms with van der Waals surface area (Å²) in [5, 5.41) is 7.33. The minimum Gasteiger partial charge on any atom is -0.338 e. The quantitative estimate of drug-likeness (QED) is 0.804. The van der Waals surface area contributed by atoms with E-state index in [0.717, 1.165) is 38.3 Å². The Morgan fingerprint density at radius 1 is 1.44 bits per heavy atom. The first-order chi connectivity index (χ1) is 8.27. The fourth-order valence-electron chi connectivity index (χ4n) is 1.88. The zero-order valence-electron chi connectivity index (χ0n) is 10.5. The molecule has 1 aliphatic rings. The van der Waals surface area contributed by atoms with E-state index in [1.807, 2.05) is 24.1 Å². The van der Waals surface area contributed by atoms with Gasteiger partial charge in [-0.2, -0.15) is 5.10 Å². The molecular formula is C12H19ClN4O. The van der Waals surface area contributed by atoms with E-state index in [2.05, 4.69) is 10.4 Å². The monoisotopic (exact) mass is 270 g/mol. The Morgan fingerprint density at radius 3 is 3.00 bits per heavy atom. The number of carbonyl (C=O) groups is 1. The van der Waals surface area contributed by atoms with Gasteiger partial charge in [-0.3, -0.25) is 9.48 Å². The Morgan fingerprint density at radius 2 is 2.28 bits per heavy atom. The van der Waals surface area contributed by atoms with Crippen LogP contribution < -0.4 is 5.32 Å². The molecule has 0 aromatic carbocycles. The number of halogens is 1. The fourth-order valence-corrected chi connectivity index (χ4v) is 1.88. The average molecular weight is 271 g/mol. The third-order valence-electron chi connectivity index (χ3n) is 2.91. The normalized spacial score (nSPS) is 16.4. The van der Waals surface area contributed by atoms with Crippen molar-refractivity contribution in [2.45, 2.75) is 6.42 Å². The molecule has 0 radical (unpaired) electrons. The highest BCUT2D eigenvalue weighted by atomic mass is 35.5. The maximum Gasteiger partial charge on any atom is 0.246 e. The van der Waals surface area contributed by atoms with Gasteiger partial charge < -0.3 is 10.2 Å². The molecule has 18 heavy (non-hydrogen) atoms. The highest BCUT2D eigenvalue weighted by Gasteiger charge is 2.12. The number of rotatable bonds is 2. The third kappa shape index (κ3) is 3.85. The van der Waals surface area contributed by atoms with Crippen molar-refractivity contribution in [1.82, 2.24) is 20.0 Å². The van der Waals surface area contributed by atoms with Crippen LogP contribution in [0.2, 0.25) is 0 Å². The van der Waals surface area contributed by atoms with Gasteiger partial charge in [0.05, 0.1) is 5.69 Å². The molecule has 1 aromatic heterocycles. The molecule has 1 N–H and O–H groups in total. The van der Waals surface area contributed by atoms with Crippen LogP contribution in [-0.4, -0.2) is 46.8 Å². The van der Waals surface area contributed by atoms with E-state index in [0.29, 0.717) is 0 Å². The highest BCUT2D eigenvalue weighted by Crippen LogP contribution is 2.02. The summed E-state index contributed by atoms with van der Waals surface area (Å²) in [6.07, 6.45) is 6.18. The van der Waals surface area contributed by atoms with E-state index in [4.69, 9.17) is 0 Å². The topological polar surface area (TPSA) is 50.2 Å². The number of hydrogen-bond donors (Lipinski definition) is 1. The zero-order valence-corrected chi connectivity index (χ0v) is 11.3. The van der Waals surface area contributed by atoms with Crippen LogP contribution in [0.15, 0.2) is 18.3 Å². The lowest BCUT2D eigenvalue weighted by molar-refractivity contribution is -0.125. The highest BCUT2D eigenvalue weighted by molar-refractivity contribution is 5.91. The molecule has 1 aliphatic heterocycles. The van der Waals surface area contributed by atoms with E-state index in [-0.39, 0.29) is 18.3 Å². The first kappa shape index (κ1) is 14.7. The number of aromatic nitrogens is 2. The lowest BCUT2D eigenvalue weighted by Crippen LogP contribution is -2.32. The second-order valence-electron chi connectivity index (χ2n) is 4.14. The molecule has 0 spiro atoms. The van der Waals surface area contributed by atoms with Crippen LogP contribution in [0.1, 0.15) is 12.1 Å². The van der Waals surface area contributed by atoms with Crippen molar-refractivity contribution in [3.63, 3.8) is 0 Å². The predicted molar refractivity (Wildman–Crippen MR) is 73.6 cm³/mol. The Balaban J connectivity index is 0.00000162. The van der Waals surface area contributed by atoms with Crippen molar-refractivity contribution >= 4 is 24.4 Å². The van der Waals surface area contributed by atoms with Gasteiger partial charge >= 0.3 is 0 Å². The molecule has 100 valence electrons. The van der Waals surface area contributed by atoms with Crippen molar-refractivity contribution in [2.75, 3.05) is 26.2 Å². The third-order valence-corrected chi connectivity index (χ3v) is 2.91. The molecular weight excluding hydrogens is 252 g/mol. The summed E-state index contributed by atoms with van der Waals surface area (Å²) in [7, 11) is 1.86. The molecule has 0 atom stereocenters. The average Bonchev–Trinajstić information content (AvgIpc) is 2.58. The van der Waals surface area contributed by atoms with Crippen molar-refractivity contribution in [3.05, 3.63) is 24.0 Å². The molecule has 0 aliphatic carbocycles. The van der Waals surface area contributed by atoms with Crippen LogP contribution in [0.3, 0.4) is 0 Å². The summed E-state index contributed by atoms with van der Waals surface area (Å²) in [5.41, 5.74) is 0.936. The van der Waals surface area contributed by atoms with Crippen LogP contribution >= 0.6 is 12.4 Å². The first-order valence-electron chi connectivity index (χ1n) is 5.93. The maximum atomic E-state index is 11.9. The molecule has 0 saturated carbocycles. The molecule has 1 aromatic rings. The molecule has 5 nitrogen and oxygen atoms in total. The molecule has 0 unspecified atom stereocenters. The molecule has 1 fully saturated rings. The van der Waals surface area contributed by atoms with Crippen LogP contribution in [-0.2, 0) is 11.8 Å². The summed E-state index contributed by atoms with van der Waals surface area (Å²) in [6.45, 7) is 3.50. The minimum atomic E-state index is 0. The minimum absolute atomic E-state index is 0. The summed E-state index contributed by atoms with van der Waals surface area (Å²) >= 11 is 0.